The molecule has 4 fully saturated rings. The first-order chi connectivity index (χ1) is 18.2. The minimum absolute atomic E-state index is 0.0403. The van der Waals surface area contributed by atoms with Crippen molar-refractivity contribution < 1.29 is 32.2 Å². The SMILES string of the molecule is O=C1OC2(CCN(Cc3ccc(C(F)(F)F)cc3)CC2)CN1C[C@H]1CC[C@@H](C(=O)NCC2CCCO2)CC1. The number of nitrogens with zero attached hydrogens (tertiary/aromatic N) is 2. The molecule has 210 valence electrons. The molecule has 3 heterocycles. The second-order valence-electron chi connectivity index (χ2n) is 11.5. The molecular formula is C28H38F3N3O4. The van der Waals surface area contributed by atoms with Crippen LogP contribution in [0.4, 0.5) is 18.0 Å². The molecule has 1 aromatic carbocycles. The number of likely N-dealkylation sites (tertiary alicyclic amines) is 1. The number of carbonyl (C=O) groups excluding carboxylic acids is 2. The van der Waals surface area contributed by atoms with Gasteiger partial charge in [-0.25, -0.2) is 4.79 Å². The van der Waals surface area contributed by atoms with Crippen molar-refractivity contribution >= 4 is 12.0 Å². The molecule has 38 heavy (non-hydrogen) atoms. The van der Waals surface area contributed by atoms with E-state index in [4.69, 9.17) is 9.47 Å². The van der Waals surface area contributed by atoms with E-state index >= 15 is 0 Å². The number of ether oxygens (including phenoxy) is 2. The number of amides is 2. The van der Waals surface area contributed by atoms with Gasteiger partial charge < -0.3 is 19.7 Å². The lowest BCUT2D eigenvalue weighted by atomic mass is 9.81. The Morgan fingerprint density at radius 3 is 2.39 bits per heavy atom. The number of carbonyl (C=O) groups is 2. The second kappa shape index (κ2) is 11.4. The number of halogens is 3. The minimum atomic E-state index is -4.33. The van der Waals surface area contributed by atoms with Gasteiger partial charge >= 0.3 is 12.3 Å². The lowest BCUT2D eigenvalue weighted by Gasteiger charge is -2.37. The molecule has 3 aliphatic heterocycles. The van der Waals surface area contributed by atoms with Crippen LogP contribution < -0.4 is 5.32 Å². The van der Waals surface area contributed by atoms with Gasteiger partial charge in [0.2, 0.25) is 5.91 Å². The van der Waals surface area contributed by atoms with Crippen molar-refractivity contribution in [3.8, 4) is 0 Å². The zero-order valence-corrected chi connectivity index (χ0v) is 21.8. The Balaban J connectivity index is 1.03. The Hall–Kier alpha value is -2.33. The van der Waals surface area contributed by atoms with E-state index in [1.165, 1.54) is 12.1 Å². The van der Waals surface area contributed by atoms with Gasteiger partial charge in [-0.05, 0) is 62.1 Å². The van der Waals surface area contributed by atoms with E-state index in [9.17, 15) is 22.8 Å². The van der Waals surface area contributed by atoms with Crippen LogP contribution in [-0.2, 0) is 27.0 Å². The Kier molecular flexibility index (Phi) is 8.19. The zero-order valence-electron chi connectivity index (χ0n) is 21.8. The number of rotatable bonds is 7. The lowest BCUT2D eigenvalue weighted by molar-refractivity contribution is -0.137. The average Bonchev–Trinajstić information content (AvgIpc) is 3.52. The molecule has 3 saturated heterocycles. The van der Waals surface area contributed by atoms with Crippen LogP contribution in [0.2, 0.25) is 0 Å². The van der Waals surface area contributed by atoms with E-state index in [0.29, 0.717) is 44.9 Å². The smallest absolute Gasteiger partial charge is 0.416 e. The molecule has 0 radical (unpaired) electrons. The molecular weight excluding hydrogens is 499 g/mol. The van der Waals surface area contributed by atoms with Crippen LogP contribution in [0.5, 0.6) is 0 Å². The van der Waals surface area contributed by atoms with Crippen LogP contribution in [0.15, 0.2) is 24.3 Å². The number of piperidine rings is 1. The van der Waals surface area contributed by atoms with Crippen molar-refractivity contribution in [3.05, 3.63) is 35.4 Å². The van der Waals surface area contributed by atoms with Crippen LogP contribution in [0, 0.1) is 11.8 Å². The highest BCUT2D eigenvalue weighted by atomic mass is 19.4. The average molecular weight is 538 g/mol. The Bertz CT molecular complexity index is 965. The summed E-state index contributed by atoms with van der Waals surface area (Å²) in [6, 6.07) is 5.32. The van der Waals surface area contributed by atoms with Crippen LogP contribution in [0.3, 0.4) is 0 Å². The topological polar surface area (TPSA) is 71.1 Å². The molecule has 7 nitrogen and oxygen atoms in total. The summed E-state index contributed by atoms with van der Waals surface area (Å²) >= 11 is 0. The highest BCUT2D eigenvalue weighted by molar-refractivity contribution is 5.78. The molecule has 1 spiro atoms. The summed E-state index contributed by atoms with van der Waals surface area (Å²) in [5, 5.41) is 3.06. The minimum Gasteiger partial charge on any atom is -0.441 e. The quantitative estimate of drug-likeness (QED) is 0.551. The normalized spacial score (nSPS) is 28.0. The van der Waals surface area contributed by atoms with Crippen molar-refractivity contribution in [2.45, 2.75) is 75.8 Å². The molecule has 2 amide bonds. The first-order valence-electron chi connectivity index (χ1n) is 13.9. The summed E-state index contributed by atoms with van der Waals surface area (Å²) in [7, 11) is 0. The summed E-state index contributed by atoms with van der Waals surface area (Å²) in [6.07, 6.45) is 2.62. The molecule has 1 N–H and O–H groups in total. The maximum atomic E-state index is 12.8. The van der Waals surface area contributed by atoms with E-state index in [-0.39, 0.29) is 24.0 Å². The molecule has 1 saturated carbocycles. The highest BCUT2D eigenvalue weighted by Crippen LogP contribution is 2.36. The fourth-order valence-electron chi connectivity index (χ4n) is 6.35. The third kappa shape index (κ3) is 6.62. The number of alkyl halides is 3. The number of benzene rings is 1. The van der Waals surface area contributed by atoms with Crippen LogP contribution in [0.25, 0.3) is 0 Å². The van der Waals surface area contributed by atoms with E-state index in [0.717, 1.165) is 75.9 Å². The van der Waals surface area contributed by atoms with Gasteiger partial charge in [0, 0.05) is 58.1 Å². The summed E-state index contributed by atoms with van der Waals surface area (Å²) in [5.41, 5.74) is -0.272. The predicted molar refractivity (Wildman–Crippen MR) is 134 cm³/mol. The summed E-state index contributed by atoms with van der Waals surface area (Å²) in [5.74, 6) is 0.541. The molecule has 1 aromatic rings. The monoisotopic (exact) mass is 537 g/mol. The summed E-state index contributed by atoms with van der Waals surface area (Å²) in [4.78, 5) is 29.3. The van der Waals surface area contributed by atoms with Crippen LogP contribution in [0.1, 0.15) is 62.5 Å². The Morgan fingerprint density at radius 2 is 1.76 bits per heavy atom. The molecule has 0 bridgehead atoms. The van der Waals surface area contributed by atoms with Gasteiger partial charge in [-0.15, -0.1) is 0 Å². The molecule has 1 atom stereocenters. The first-order valence-corrected chi connectivity index (χ1v) is 13.9. The van der Waals surface area contributed by atoms with Crippen LogP contribution in [-0.4, -0.2) is 72.8 Å². The van der Waals surface area contributed by atoms with Gasteiger partial charge in [0.15, 0.2) is 0 Å². The third-order valence-corrected chi connectivity index (χ3v) is 8.72. The van der Waals surface area contributed by atoms with Gasteiger partial charge in [-0.1, -0.05) is 12.1 Å². The molecule has 1 aliphatic carbocycles. The number of hydrogen-bond donors (Lipinski definition) is 1. The largest absolute Gasteiger partial charge is 0.441 e. The standard InChI is InChI=1S/C28H38F3N3O4/c29-28(30,31)23-9-5-20(6-10-23)17-33-13-11-27(12-14-33)19-34(26(36)38-27)18-21-3-7-22(8-4-21)25(35)32-16-24-2-1-15-37-24/h5-6,9-10,21-22,24H,1-4,7-8,11-19H2,(H,32,35)/t21-,22+,24?. The van der Waals surface area contributed by atoms with Gasteiger partial charge in [-0.2, -0.15) is 13.2 Å². The highest BCUT2D eigenvalue weighted by Gasteiger charge is 2.47. The molecule has 4 aliphatic rings. The maximum absolute atomic E-state index is 12.8. The first kappa shape index (κ1) is 27.2. The molecule has 0 aromatic heterocycles. The fourth-order valence-corrected chi connectivity index (χ4v) is 6.35. The van der Waals surface area contributed by atoms with Gasteiger partial charge in [0.25, 0.3) is 0 Å². The fraction of sp³-hybridized carbons (Fsp3) is 0.714. The van der Waals surface area contributed by atoms with Crippen molar-refractivity contribution in [2.24, 2.45) is 11.8 Å². The maximum Gasteiger partial charge on any atom is 0.416 e. The van der Waals surface area contributed by atoms with Crippen LogP contribution >= 0.6 is 0 Å². The van der Waals surface area contributed by atoms with Crippen molar-refractivity contribution in [1.82, 2.24) is 15.1 Å². The van der Waals surface area contributed by atoms with E-state index in [1.807, 2.05) is 4.90 Å². The molecule has 5 rings (SSSR count). The molecule has 10 heteroatoms. The third-order valence-electron chi connectivity index (χ3n) is 8.72. The van der Waals surface area contributed by atoms with Gasteiger partial charge in [0.05, 0.1) is 18.2 Å². The number of nitrogens with one attached hydrogen (secondary N) is 1. The second-order valence-corrected chi connectivity index (χ2v) is 11.5. The van der Waals surface area contributed by atoms with Gasteiger partial charge in [0.1, 0.15) is 5.60 Å². The lowest BCUT2D eigenvalue weighted by Crippen LogP contribution is -2.47. The predicted octanol–water partition coefficient (Wildman–Crippen LogP) is 4.59. The van der Waals surface area contributed by atoms with E-state index in [1.54, 1.807) is 0 Å². The number of hydrogen-bond acceptors (Lipinski definition) is 5. The van der Waals surface area contributed by atoms with Crippen molar-refractivity contribution in [2.75, 3.05) is 39.3 Å². The Morgan fingerprint density at radius 1 is 1.05 bits per heavy atom. The zero-order chi connectivity index (χ0) is 26.8. The van der Waals surface area contributed by atoms with Crippen molar-refractivity contribution in [3.63, 3.8) is 0 Å². The van der Waals surface area contributed by atoms with Gasteiger partial charge in [-0.3, -0.25) is 9.69 Å². The van der Waals surface area contributed by atoms with E-state index in [2.05, 4.69) is 10.2 Å². The molecule has 1 unspecified atom stereocenters. The summed E-state index contributed by atoms with van der Waals surface area (Å²) < 4.78 is 49.9. The van der Waals surface area contributed by atoms with Crippen molar-refractivity contribution in [1.29, 1.82) is 0 Å². The Labute approximate surface area is 222 Å². The summed E-state index contributed by atoms with van der Waals surface area (Å²) in [6.45, 7) is 4.68. The van der Waals surface area contributed by atoms with E-state index < -0.39 is 17.3 Å².